The van der Waals surface area contributed by atoms with Gasteiger partial charge in [0.2, 0.25) is 0 Å². The molecule has 3 N–H and O–H groups in total. The van der Waals surface area contributed by atoms with Gasteiger partial charge in [0.15, 0.2) is 0 Å². The molecule has 7 aromatic carbocycles. The Labute approximate surface area is 459 Å². The highest BCUT2D eigenvalue weighted by atomic mass is 16.5. The number of pyridine rings is 6. The lowest BCUT2D eigenvalue weighted by molar-refractivity contribution is 0.293. The van der Waals surface area contributed by atoms with Crippen LogP contribution in [0.25, 0.3) is 133 Å². The van der Waals surface area contributed by atoms with Crippen LogP contribution in [0.2, 0.25) is 0 Å². The Morgan fingerprint density at radius 2 is 0.543 bits per heavy atom. The van der Waals surface area contributed by atoms with Crippen LogP contribution >= 0.6 is 0 Å². The van der Waals surface area contributed by atoms with E-state index in [1.807, 2.05) is 127 Å². The number of H-pyrrole nitrogens is 3. The highest BCUT2D eigenvalue weighted by Gasteiger charge is 2.20. The van der Waals surface area contributed by atoms with Crippen molar-refractivity contribution in [2.45, 2.75) is 19.8 Å². The lowest BCUT2D eigenvalue weighted by atomic mass is 10.1. The fourth-order valence-electron chi connectivity index (χ4n) is 11.2. The summed E-state index contributed by atoms with van der Waals surface area (Å²) in [4.78, 5) is 54.3. The molecule has 0 unspecified atom stereocenters. The molecule has 16 rings (SSSR count). The van der Waals surface area contributed by atoms with Crippen LogP contribution in [0, 0.1) is 0 Å². The van der Waals surface area contributed by atoms with Gasteiger partial charge in [-0.15, -0.1) is 0 Å². The summed E-state index contributed by atoms with van der Waals surface area (Å²) in [6.07, 6.45) is 10.8. The summed E-state index contributed by atoms with van der Waals surface area (Å²) in [5.74, 6) is 4.24. The summed E-state index contributed by atoms with van der Waals surface area (Å²) in [6.45, 7) is 0.842. The second-order valence-electron chi connectivity index (χ2n) is 19.9. The maximum absolute atomic E-state index is 6.61. The summed E-state index contributed by atoms with van der Waals surface area (Å²) in [5.41, 5.74) is 15.7. The highest BCUT2D eigenvalue weighted by molar-refractivity contribution is 6.23. The third-order valence-electron chi connectivity index (χ3n) is 14.9. The number of rotatable bonds is 12. The van der Waals surface area contributed by atoms with E-state index < -0.39 is 0 Å². The van der Waals surface area contributed by atoms with E-state index in [-0.39, 0.29) is 19.8 Å². The SMILES string of the molecule is c1cc(OCc2cc(COc3cccc(-c4nc5c6cccnc6c6ncccc6c5[nH]4)c3)cc(COc3cccc(-c4nc5c6cccnc6c6ncccc6c5[nH]4)c3)c2)cc(-c2nc3c4cccnc4c4ncccc4c3[nH]2)c1. The minimum Gasteiger partial charge on any atom is -0.489 e. The molecule has 16 aromatic rings. The summed E-state index contributed by atoms with van der Waals surface area (Å²) >= 11 is 0. The number of nitrogens with zero attached hydrogens (tertiary/aromatic N) is 9. The molecule has 0 saturated carbocycles. The van der Waals surface area contributed by atoms with Gasteiger partial charge in [-0.3, -0.25) is 29.9 Å². The number of nitrogens with one attached hydrogen (secondary N) is 3. The van der Waals surface area contributed by atoms with E-state index in [4.69, 9.17) is 29.2 Å². The van der Waals surface area contributed by atoms with E-state index in [9.17, 15) is 0 Å². The summed E-state index contributed by atoms with van der Waals surface area (Å²) in [6, 6.07) is 54.2. The van der Waals surface area contributed by atoms with Gasteiger partial charge in [-0.25, -0.2) is 15.0 Å². The number of benzene rings is 7. The molecule has 0 saturated heterocycles. The van der Waals surface area contributed by atoms with Crippen molar-refractivity contribution in [1.82, 2.24) is 59.8 Å². The van der Waals surface area contributed by atoms with Gasteiger partial charge in [-0.1, -0.05) is 36.4 Å². The highest BCUT2D eigenvalue weighted by Crippen LogP contribution is 2.38. The van der Waals surface area contributed by atoms with Crippen molar-refractivity contribution >= 4 is 98.5 Å². The molecular formula is C66H42N12O3. The fourth-order valence-corrected chi connectivity index (χ4v) is 11.2. The molecule has 0 atom stereocenters. The van der Waals surface area contributed by atoms with Gasteiger partial charge in [-0.2, -0.15) is 0 Å². The minimum atomic E-state index is 0.281. The molecular weight excluding hydrogens is 1010 g/mol. The molecule has 9 heterocycles. The first-order valence-corrected chi connectivity index (χ1v) is 26.4. The molecule has 0 aliphatic carbocycles. The monoisotopic (exact) mass is 1050 g/mol. The van der Waals surface area contributed by atoms with E-state index in [2.05, 4.69) is 81.3 Å². The minimum absolute atomic E-state index is 0.281. The van der Waals surface area contributed by atoms with Crippen LogP contribution in [0.5, 0.6) is 17.2 Å². The molecule has 0 aliphatic rings. The molecule has 15 nitrogen and oxygen atoms in total. The van der Waals surface area contributed by atoms with Crippen molar-refractivity contribution in [2.24, 2.45) is 0 Å². The zero-order valence-corrected chi connectivity index (χ0v) is 42.9. The first-order chi connectivity index (χ1) is 40.1. The molecule has 0 fully saturated rings. The number of fused-ring (bicyclic) bond motifs is 18. The van der Waals surface area contributed by atoms with Crippen LogP contribution in [-0.4, -0.2) is 59.8 Å². The molecule has 15 heteroatoms. The number of hydrogen-bond donors (Lipinski definition) is 3. The number of aromatic nitrogens is 12. The largest absolute Gasteiger partial charge is 0.489 e. The lowest BCUT2D eigenvalue weighted by Crippen LogP contribution is -2.04. The maximum Gasteiger partial charge on any atom is 0.138 e. The number of hydrogen-bond acceptors (Lipinski definition) is 12. The van der Waals surface area contributed by atoms with Crippen molar-refractivity contribution in [1.29, 1.82) is 0 Å². The van der Waals surface area contributed by atoms with E-state index in [1.165, 1.54) is 0 Å². The Hall–Kier alpha value is -11.2. The first-order valence-electron chi connectivity index (χ1n) is 26.4. The predicted molar refractivity (Wildman–Crippen MR) is 316 cm³/mol. The first kappa shape index (κ1) is 46.0. The zero-order valence-electron chi connectivity index (χ0n) is 42.9. The number of imidazole rings is 3. The Bertz CT molecular complexity index is 4450. The van der Waals surface area contributed by atoms with Crippen molar-refractivity contribution in [3.05, 3.63) is 218 Å². The average molecular weight is 1050 g/mol. The predicted octanol–water partition coefficient (Wildman–Crippen LogP) is 14.3. The van der Waals surface area contributed by atoms with Crippen LogP contribution in [0.3, 0.4) is 0 Å². The van der Waals surface area contributed by atoms with Crippen LogP contribution in [0.1, 0.15) is 16.7 Å². The number of ether oxygens (including phenoxy) is 3. The summed E-state index contributed by atoms with van der Waals surface area (Å²) < 4.78 is 19.8. The third-order valence-corrected chi connectivity index (χ3v) is 14.9. The van der Waals surface area contributed by atoms with E-state index >= 15 is 0 Å². The standard InChI is InChI=1S/C66H42N12O3/c1-10-40(64-73-58-46-16-4-22-67-52(46)53-47(59(58)74-64)17-5-23-68-53)31-43(13-1)79-34-37-28-38(35-80-44-14-2-11-41(32-44)65-75-60-48-18-6-24-69-54(48)55-49(61(60)76-65)19-7-25-70-55)30-39(29-37)36-81-45-15-3-12-42(33-45)66-77-62-50-20-8-26-71-56(50)57-51(63(62)78-66)21-9-27-72-57/h1-33H,34-36H2,(H,73,74)(H,75,76)(H,77,78). The quantitative estimate of drug-likeness (QED) is 0.0983. The van der Waals surface area contributed by atoms with Crippen molar-refractivity contribution in [3.63, 3.8) is 0 Å². The molecule has 9 aromatic heterocycles. The Balaban J connectivity index is 0.701. The van der Waals surface area contributed by atoms with Crippen LogP contribution in [-0.2, 0) is 19.8 Å². The molecule has 81 heavy (non-hydrogen) atoms. The smallest absolute Gasteiger partial charge is 0.138 e. The number of aromatic amines is 3. The average Bonchev–Trinajstić information content (AvgIpc) is 4.51. The van der Waals surface area contributed by atoms with E-state index in [0.717, 1.165) is 149 Å². The molecule has 384 valence electrons. The molecule has 0 aliphatic heterocycles. The van der Waals surface area contributed by atoms with Crippen LogP contribution in [0.15, 0.2) is 201 Å². The lowest BCUT2D eigenvalue weighted by Gasteiger charge is -2.14. The fraction of sp³-hybridized carbons (Fsp3) is 0.0455. The molecule has 0 radical (unpaired) electrons. The topological polar surface area (TPSA) is 191 Å². The van der Waals surface area contributed by atoms with Gasteiger partial charge in [0.25, 0.3) is 0 Å². The molecule has 0 bridgehead atoms. The van der Waals surface area contributed by atoms with Crippen molar-refractivity contribution in [3.8, 4) is 51.4 Å². The van der Waals surface area contributed by atoms with Crippen molar-refractivity contribution in [2.75, 3.05) is 0 Å². The second kappa shape index (κ2) is 18.8. The van der Waals surface area contributed by atoms with E-state index in [1.54, 1.807) is 37.2 Å². The van der Waals surface area contributed by atoms with Gasteiger partial charge in [-0.05, 0) is 144 Å². The van der Waals surface area contributed by atoms with Gasteiger partial charge >= 0.3 is 0 Å². The van der Waals surface area contributed by atoms with E-state index in [0.29, 0.717) is 17.2 Å². The Morgan fingerprint density at radius 3 is 0.840 bits per heavy atom. The van der Waals surface area contributed by atoms with Gasteiger partial charge < -0.3 is 29.2 Å². The zero-order chi connectivity index (χ0) is 53.4. The van der Waals surface area contributed by atoms with Gasteiger partial charge in [0.05, 0.1) is 66.2 Å². The Morgan fingerprint density at radius 1 is 0.272 bits per heavy atom. The second-order valence-corrected chi connectivity index (χ2v) is 19.9. The molecule has 0 amide bonds. The van der Waals surface area contributed by atoms with Crippen LogP contribution < -0.4 is 14.2 Å². The normalized spacial score (nSPS) is 11.9. The van der Waals surface area contributed by atoms with Gasteiger partial charge in [0, 0.05) is 86.2 Å². The Kier molecular flexibility index (Phi) is 10.7. The molecule has 0 spiro atoms. The van der Waals surface area contributed by atoms with Crippen LogP contribution in [0.4, 0.5) is 0 Å². The van der Waals surface area contributed by atoms with Gasteiger partial charge in [0.1, 0.15) is 54.5 Å². The van der Waals surface area contributed by atoms with Crippen molar-refractivity contribution < 1.29 is 14.2 Å². The summed E-state index contributed by atoms with van der Waals surface area (Å²) in [7, 11) is 0. The summed E-state index contributed by atoms with van der Waals surface area (Å²) in [5, 5.41) is 5.70. The maximum atomic E-state index is 6.61. The third kappa shape index (κ3) is 8.01.